The zero-order valence-electron chi connectivity index (χ0n) is 58.6. The third-order valence-corrected chi connectivity index (χ3v) is 20.4. The highest BCUT2D eigenvalue weighted by molar-refractivity contribution is 7.17. The standard InChI is InChI=1S/C78H87ClN10O13S/c1-48(2)36-60(84-75(96)62(38-50-14-8-6-9-15-50)83-68(92)16-10-7-11-31-88-70(94)27-28-71(88)95)65(90)25-26-69(93)80-56-20-17-51(18-21-56)46-101-77(98)85(4)32-33-86(5)78(99)102-67-43-64-73(72-49(3)47-103-74(67)72)55(44-79)45-89(64)76(97)63-42-53-37-52(19-23-58(53)82-63)39-66(91)61-41-54-40-57(22-24-59(54)81-61)100-35-34-87-29-12-13-30-87/h6,8-9,14-15,17-24,27-28,37,40-43,47-48,55,60,62,81-82H,7,10-13,16,25-26,29-36,38-39,44-46H2,1-5H3,(H,80,93)(H,83,92)(H,84,96)/t55-,60+,62+/m1/s1. The van der Waals surface area contributed by atoms with Crippen LogP contribution in [0.15, 0.2) is 127 Å². The number of rotatable bonds is 33. The van der Waals surface area contributed by atoms with Gasteiger partial charge in [-0.2, -0.15) is 0 Å². The number of amides is 8. The molecular weight excluding hydrogens is 1350 g/mol. The Labute approximate surface area is 606 Å². The second kappa shape index (κ2) is 34.2. The minimum absolute atomic E-state index is 0.00289. The number of hydrogen-bond donors (Lipinski definition) is 5. The fourth-order valence-electron chi connectivity index (χ4n) is 13.2. The van der Waals surface area contributed by atoms with Crippen molar-refractivity contribution < 1.29 is 62.2 Å². The van der Waals surface area contributed by atoms with Crippen LogP contribution in [-0.2, 0) is 53.0 Å². The van der Waals surface area contributed by atoms with E-state index in [9.17, 15) is 47.9 Å². The molecule has 23 nitrogen and oxygen atoms in total. The lowest BCUT2D eigenvalue weighted by Gasteiger charge is -2.24. The van der Waals surface area contributed by atoms with Crippen LogP contribution in [0.1, 0.15) is 126 Å². The molecule has 6 heterocycles. The maximum Gasteiger partial charge on any atom is 0.415 e. The van der Waals surface area contributed by atoms with E-state index >= 15 is 0 Å². The minimum Gasteiger partial charge on any atom is -0.492 e. The highest BCUT2D eigenvalue weighted by Crippen LogP contribution is 2.49. The van der Waals surface area contributed by atoms with Crippen molar-refractivity contribution in [3.63, 3.8) is 0 Å². The van der Waals surface area contributed by atoms with Gasteiger partial charge in [0, 0.05) is 142 Å². The predicted molar refractivity (Wildman–Crippen MR) is 396 cm³/mol. The van der Waals surface area contributed by atoms with Crippen LogP contribution in [0.5, 0.6) is 11.5 Å². The van der Waals surface area contributed by atoms with Gasteiger partial charge in [0.1, 0.15) is 30.7 Å². The van der Waals surface area contributed by atoms with Crippen molar-refractivity contribution in [1.82, 2.24) is 40.2 Å². The van der Waals surface area contributed by atoms with Crippen molar-refractivity contribution in [3.05, 3.63) is 166 Å². The Bertz CT molecular complexity index is 4480. The molecule has 103 heavy (non-hydrogen) atoms. The molecular formula is C78H87ClN10O13S. The maximum atomic E-state index is 14.7. The molecule has 0 radical (unpaired) electrons. The Kier molecular flexibility index (Phi) is 24.6. The third-order valence-electron chi connectivity index (χ3n) is 18.9. The van der Waals surface area contributed by atoms with Gasteiger partial charge in [0.15, 0.2) is 17.3 Å². The Hall–Kier alpha value is -10.2. The average Bonchev–Trinajstić information content (AvgIpc) is 1.58. The van der Waals surface area contributed by atoms with Crippen molar-refractivity contribution >= 4 is 125 Å². The first-order chi connectivity index (χ1) is 49.6. The van der Waals surface area contributed by atoms with Gasteiger partial charge in [0.05, 0.1) is 22.1 Å². The van der Waals surface area contributed by atoms with Crippen molar-refractivity contribution in [2.24, 2.45) is 5.92 Å². The summed E-state index contributed by atoms with van der Waals surface area (Å²) in [5.74, 6) is -1.69. The SMILES string of the molecule is Cc1csc2c(OC(=O)N(C)CCN(C)C(=O)OCc3ccc(NC(=O)CCC(=O)[C@H](CC(C)C)NC(=O)[C@H](Cc4ccccc4)NC(=O)CCCCCN4C(=O)C=CC4=O)cc3)cc3c(c12)[C@H](CCl)CN3C(=O)c1cc2cc(CC(=O)c3cc4cc(OCCN5CCCC5)ccc4[nH]3)ccc2[nH]1. The number of hydrogen-bond acceptors (Lipinski definition) is 15. The van der Waals surface area contributed by atoms with E-state index in [1.54, 1.807) is 55.4 Å². The topological polar surface area (TPSA) is 282 Å². The molecule has 1 saturated heterocycles. The third kappa shape index (κ3) is 18.9. The zero-order valence-corrected chi connectivity index (χ0v) is 60.2. The molecule has 0 aliphatic carbocycles. The van der Waals surface area contributed by atoms with Crippen LogP contribution < -0.4 is 30.3 Å². The van der Waals surface area contributed by atoms with Crippen LogP contribution in [0.2, 0.25) is 0 Å². The smallest absolute Gasteiger partial charge is 0.415 e. The van der Waals surface area contributed by atoms with Crippen LogP contribution in [0, 0.1) is 12.8 Å². The number of ether oxygens (including phenoxy) is 3. The number of nitrogens with zero attached hydrogens (tertiary/aromatic N) is 5. The number of carbonyl (C=O) groups excluding carboxylic acids is 10. The number of thiophene rings is 1. The largest absolute Gasteiger partial charge is 0.492 e. The number of nitrogens with one attached hydrogen (secondary N) is 5. The number of anilines is 2. The van der Waals surface area contributed by atoms with Gasteiger partial charge in [0.25, 0.3) is 17.7 Å². The summed E-state index contributed by atoms with van der Waals surface area (Å²) in [5.41, 5.74) is 7.48. The van der Waals surface area contributed by atoms with E-state index in [-0.39, 0.29) is 117 Å². The van der Waals surface area contributed by atoms with Crippen LogP contribution >= 0.6 is 22.9 Å². The Morgan fingerprint density at radius 3 is 2.13 bits per heavy atom. The Morgan fingerprint density at radius 1 is 0.709 bits per heavy atom. The molecule has 540 valence electrons. The molecule has 3 aliphatic heterocycles. The average molecular weight is 1440 g/mol. The van der Waals surface area contributed by atoms with Gasteiger partial charge in [-0.1, -0.05) is 68.8 Å². The first-order valence-corrected chi connectivity index (χ1v) is 36.5. The summed E-state index contributed by atoms with van der Waals surface area (Å²) in [4.78, 5) is 148. The van der Waals surface area contributed by atoms with Crippen molar-refractivity contribution in [2.45, 2.75) is 116 Å². The summed E-state index contributed by atoms with van der Waals surface area (Å²) in [5, 5.41) is 13.0. The van der Waals surface area contributed by atoms with E-state index in [1.165, 1.54) is 46.1 Å². The fourth-order valence-corrected chi connectivity index (χ4v) is 14.5. The van der Waals surface area contributed by atoms with E-state index in [4.69, 9.17) is 25.8 Å². The van der Waals surface area contributed by atoms with Crippen molar-refractivity contribution in [1.29, 1.82) is 0 Å². The second-order valence-corrected chi connectivity index (χ2v) is 28.4. The molecule has 3 aromatic heterocycles. The van der Waals surface area contributed by atoms with Gasteiger partial charge in [-0.25, -0.2) is 9.59 Å². The number of fused-ring (bicyclic) bond motifs is 5. The number of aryl methyl sites for hydroxylation is 1. The molecule has 0 bridgehead atoms. The normalized spacial score (nSPS) is 14.9. The van der Waals surface area contributed by atoms with E-state index in [2.05, 4.69) is 30.8 Å². The number of unbranched alkanes of at least 4 members (excludes halogenated alkanes) is 2. The molecule has 25 heteroatoms. The molecule has 5 N–H and O–H groups in total. The number of imide groups is 1. The number of H-pyrrole nitrogens is 2. The zero-order chi connectivity index (χ0) is 72.8. The molecule has 0 saturated carbocycles. The number of aromatic amines is 2. The summed E-state index contributed by atoms with van der Waals surface area (Å²) in [7, 11) is 3.10. The van der Waals surface area contributed by atoms with Gasteiger partial charge < -0.3 is 54.8 Å². The summed E-state index contributed by atoms with van der Waals surface area (Å²) < 4.78 is 18.5. The summed E-state index contributed by atoms with van der Waals surface area (Å²) in [6.45, 7) is 10.1. The van der Waals surface area contributed by atoms with Crippen molar-refractivity contribution in [3.8, 4) is 11.5 Å². The summed E-state index contributed by atoms with van der Waals surface area (Å²) in [6, 6.07) is 30.8. The summed E-state index contributed by atoms with van der Waals surface area (Å²) in [6.07, 6.45) is 5.56. The number of likely N-dealkylation sites (N-methyl/N-ethyl adjacent to an activating group) is 2. The number of ketones is 2. The predicted octanol–water partition coefficient (Wildman–Crippen LogP) is 11.8. The van der Waals surface area contributed by atoms with E-state index in [0.29, 0.717) is 67.2 Å². The highest BCUT2D eigenvalue weighted by Gasteiger charge is 2.38. The van der Waals surface area contributed by atoms with Crippen LogP contribution in [-0.4, -0.2) is 173 Å². The molecule has 11 rings (SSSR count). The lowest BCUT2D eigenvalue weighted by molar-refractivity contribution is -0.137. The maximum absolute atomic E-state index is 14.7. The Balaban J connectivity index is 0.630. The van der Waals surface area contributed by atoms with Crippen LogP contribution in [0.3, 0.4) is 0 Å². The molecule has 0 spiro atoms. The molecule has 8 aromatic rings. The molecule has 3 aliphatic rings. The van der Waals surface area contributed by atoms with Crippen molar-refractivity contribution in [2.75, 3.05) is 82.6 Å². The van der Waals surface area contributed by atoms with E-state index < -0.39 is 36.1 Å². The molecule has 0 unspecified atom stereocenters. The van der Waals surface area contributed by atoms with Gasteiger partial charge in [-0.05, 0) is 146 Å². The monoisotopic (exact) mass is 1440 g/mol. The van der Waals surface area contributed by atoms with Gasteiger partial charge in [-0.15, -0.1) is 22.9 Å². The molecule has 3 atom stereocenters. The van der Waals surface area contributed by atoms with E-state index in [0.717, 1.165) is 84.4 Å². The number of aromatic nitrogens is 2. The van der Waals surface area contributed by atoms with Gasteiger partial charge in [0.2, 0.25) is 17.7 Å². The first kappa shape index (κ1) is 74.0. The number of halogens is 1. The lowest BCUT2D eigenvalue weighted by Crippen LogP contribution is -2.52. The lowest BCUT2D eigenvalue weighted by atomic mass is 9.96. The summed E-state index contributed by atoms with van der Waals surface area (Å²) >= 11 is 8.09. The van der Waals surface area contributed by atoms with Crippen LogP contribution in [0.25, 0.3) is 31.9 Å². The van der Waals surface area contributed by atoms with Gasteiger partial charge in [-0.3, -0.25) is 48.2 Å². The van der Waals surface area contributed by atoms with Gasteiger partial charge >= 0.3 is 12.2 Å². The first-order valence-electron chi connectivity index (χ1n) is 35.1. The number of alkyl halides is 1. The molecule has 8 amide bonds. The fraction of sp³-hybridized carbons (Fsp3) is 0.385. The number of Topliss-reactive ketones (excluding diaryl/α,β-unsaturated/α-hetero) is 2. The Morgan fingerprint density at radius 2 is 1.40 bits per heavy atom. The van der Waals surface area contributed by atoms with E-state index in [1.807, 2.05) is 98.9 Å². The van der Waals surface area contributed by atoms with Crippen LogP contribution in [0.4, 0.5) is 21.0 Å². The minimum atomic E-state index is -0.994. The quantitative estimate of drug-likeness (QED) is 0.0111. The second-order valence-electron chi connectivity index (χ2n) is 27.2. The molecule has 5 aromatic carbocycles. The highest BCUT2D eigenvalue weighted by atomic mass is 35.5. The molecule has 1 fully saturated rings. The number of likely N-dealkylation sites (tertiary alicyclic amines) is 1. The number of carbonyl (C=O) groups is 10. The number of benzene rings is 5.